The molecule has 0 spiro atoms. The predicted octanol–water partition coefficient (Wildman–Crippen LogP) is 4.91. The first-order chi connectivity index (χ1) is 18.5. The summed E-state index contributed by atoms with van der Waals surface area (Å²) in [4.78, 5) is 21.0. The molecule has 3 heterocycles. The number of hydrogen-bond donors (Lipinski definition) is 1. The lowest BCUT2D eigenvalue weighted by molar-refractivity contribution is -0.114. The maximum atomic E-state index is 12.8. The predicted molar refractivity (Wildman–Crippen MR) is 148 cm³/mol. The van der Waals surface area contributed by atoms with E-state index in [0.717, 1.165) is 16.9 Å². The van der Waals surface area contributed by atoms with Gasteiger partial charge in [-0.3, -0.25) is 15.2 Å². The first-order valence-electron chi connectivity index (χ1n) is 11.9. The highest BCUT2D eigenvalue weighted by Crippen LogP contribution is 2.32. The number of para-hydroxylation sites is 1. The number of amidine groups is 2. The van der Waals surface area contributed by atoms with Crippen molar-refractivity contribution in [1.29, 1.82) is 5.41 Å². The van der Waals surface area contributed by atoms with E-state index in [4.69, 9.17) is 19.6 Å². The highest BCUT2D eigenvalue weighted by Gasteiger charge is 2.36. The number of rotatable bonds is 9. The first-order valence-corrected chi connectivity index (χ1v) is 12.7. The number of aromatic nitrogens is 1. The molecule has 5 rings (SSSR count). The van der Waals surface area contributed by atoms with Gasteiger partial charge in [0.1, 0.15) is 10.8 Å². The minimum absolute atomic E-state index is 0.0423. The lowest BCUT2D eigenvalue weighted by Crippen LogP contribution is -2.35. The number of benzene rings is 2. The third-order valence-electron chi connectivity index (χ3n) is 5.76. The van der Waals surface area contributed by atoms with Crippen molar-refractivity contribution in [3.05, 3.63) is 89.3 Å². The summed E-state index contributed by atoms with van der Waals surface area (Å²) in [6, 6.07) is 16.9. The molecule has 1 N–H and O–H groups in total. The highest BCUT2D eigenvalue weighted by molar-refractivity contribution is 8.27. The SMILES string of the molecule is COc1cc(C=C2C(=N)N3N=C(c4cccnc4)SC3=NC2=O)ccc1OCCCOc1ccccc1C. The molecular weight excluding hydrogens is 502 g/mol. The number of hydrogen-bond acceptors (Lipinski definition) is 8. The minimum Gasteiger partial charge on any atom is -0.493 e. The fraction of sp³-hybridized carbons (Fsp3) is 0.179. The Morgan fingerprint density at radius 3 is 2.61 bits per heavy atom. The summed E-state index contributed by atoms with van der Waals surface area (Å²) in [5, 5.41) is 15.4. The molecule has 2 aliphatic rings. The van der Waals surface area contributed by atoms with Crippen molar-refractivity contribution in [2.75, 3.05) is 20.3 Å². The van der Waals surface area contributed by atoms with Crippen LogP contribution < -0.4 is 14.2 Å². The second kappa shape index (κ2) is 11.3. The number of nitrogens with zero attached hydrogens (tertiary/aromatic N) is 4. The van der Waals surface area contributed by atoms with Crippen LogP contribution in [0.5, 0.6) is 17.2 Å². The fourth-order valence-electron chi connectivity index (χ4n) is 3.80. The van der Waals surface area contributed by atoms with Crippen molar-refractivity contribution in [3.8, 4) is 17.2 Å². The average molecular weight is 528 g/mol. The lowest BCUT2D eigenvalue weighted by atomic mass is 10.1. The minimum atomic E-state index is -0.496. The number of nitrogens with one attached hydrogen (secondary N) is 1. The second-order valence-corrected chi connectivity index (χ2v) is 9.35. The Hall–Kier alpha value is -4.44. The number of thioether (sulfide) groups is 1. The summed E-state index contributed by atoms with van der Waals surface area (Å²) in [5.74, 6) is 1.43. The van der Waals surface area contributed by atoms with Crippen molar-refractivity contribution in [2.45, 2.75) is 13.3 Å². The van der Waals surface area contributed by atoms with Crippen molar-refractivity contribution >= 4 is 39.8 Å². The Bertz CT molecular complexity index is 1470. The van der Waals surface area contributed by atoms with E-state index in [2.05, 4.69) is 15.1 Å². The van der Waals surface area contributed by atoms with E-state index < -0.39 is 5.91 Å². The number of methoxy groups -OCH3 is 1. The Labute approximate surface area is 224 Å². The summed E-state index contributed by atoms with van der Waals surface area (Å²) < 4.78 is 17.2. The Morgan fingerprint density at radius 1 is 1.03 bits per heavy atom. The lowest BCUT2D eigenvalue weighted by Gasteiger charge is -2.20. The van der Waals surface area contributed by atoms with E-state index in [0.29, 0.717) is 46.9 Å². The van der Waals surface area contributed by atoms with Crippen molar-refractivity contribution in [1.82, 2.24) is 9.99 Å². The maximum absolute atomic E-state index is 12.8. The van der Waals surface area contributed by atoms with E-state index >= 15 is 0 Å². The molecule has 9 nitrogen and oxygen atoms in total. The molecule has 0 saturated carbocycles. The van der Waals surface area contributed by atoms with E-state index in [1.54, 1.807) is 49.8 Å². The monoisotopic (exact) mass is 527 g/mol. The van der Waals surface area contributed by atoms with Crippen LogP contribution in [0.4, 0.5) is 0 Å². The number of carbonyl (C=O) groups is 1. The number of aryl methyl sites for hydroxylation is 1. The molecule has 3 aromatic rings. The topological polar surface area (TPSA) is 109 Å². The molecule has 0 unspecified atom stereocenters. The summed E-state index contributed by atoms with van der Waals surface area (Å²) >= 11 is 1.23. The van der Waals surface area contributed by atoms with E-state index in [1.807, 2.05) is 37.3 Å². The van der Waals surface area contributed by atoms with Gasteiger partial charge in [-0.15, -0.1) is 0 Å². The van der Waals surface area contributed by atoms with Crippen LogP contribution in [0.2, 0.25) is 0 Å². The number of amides is 1. The fourth-order valence-corrected chi connectivity index (χ4v) is 4.68. The van der Waals surface area contributed by atoms with Gasteiger partial charge in [0.2, 0.25) is 5.17 Å². The molecule has 1 aromatic heterocycles. The Kier molecular flexibility index (Phi) is 7.50. The summed E-state index contributed by atoms with van der Waals surface area (Å²) in [6.07, 6.45) is 5.66. The van der Waals surface area contributed by atoms with E-state index in [1.165, 1.54) is 16.8 Å². The molecule has 2 aromatic carbocycles. The van der Waals surface area contributed by atoms with Gasteiger partial charge in [0.05, 0.1) is 25.9 Å². The molecule has 2 aliphatic heterocycles. The first kappa shape index (κ1) is 25.2. The van der Waals surface area contributed by atoms with Gasteiger partial charge in [-0.25, -0.2) is 0 Å². The Balaban J connectivity index is 1.25. The van der Waals surface area contributed by atoms with E-state index in [-0.39, 0.29) is 11.4 Å². The maximum Gasteiger partial charge on any atom is 0.283 e. The molecule has 1 amide bonds. The van der Waals surface area contributed by atoms with Crippen LogP contribution in [0.1, 0.15) is 23.1 Å². The Morgan fingerprint density at radius 2 is 1.84 bits per heavy atom. The molecule has 0 saturated heterocycles. The van der Waals surface area contributed by atoms with Gasteiger partial charge < -0.3 is 14.2 Å². The zero-order valence-electron chi connectivity index (χ0n) is 20.9. The van der Waals surface area contributed by atoms with Crippen LogP contribution in [-0.2, 0) is 4.79 Å². The molecule has 0 fully saturated rings. The third kappa shape index (κ3) is 5.45. The molecule has 10 heteroatoms. The quantitative estimate of drug-likeness (QED) is 0.311. The molecule has 0 bridgehead atoms. The van der Waals surface area contributed by atoms with Crippen LogP contribution in [0, 0.1) is 12.3 Å². The zero-order chi connectivity index (χ0) is 26.5. The van der Waals surface area contributed by atoms with Crippen molar-refractivity contribution in [2.24, 2.45) is 10.1 Å². The van der Waals surface area contributed by atoms with Gasteiger partial charge in [-0.1, -0.05) is 24.3 Å². The smallest absolute Gasteiger partial charge is 0.283 e. The number of ether oxygens (including phenoxy) is 3. The second-order valence-electron chi connectivity index (χ2n) is 8.39. The van der Waals surface area contributed by atoms with Crippen LogP contribution in [-0.4, -0.2) is 52.3 Å². The van der Waals surface area contributed by atoms with Gasteiger partial charge in [0.15, 0.2) is 17.3 Å². The van der Waals surface area contributed by atoms with Crippen LogP contribution in [0.15, 0.2) is 82.7 Å². The van der Waals surface area contributed by atoms with Crippen molar-refractivity contribution < 1.29 is 19.0 Å². The molecule has 0 aliphatic carbocycles. The standard InChI is InChI=1S/C28H25N5O4S/c1-18-7-3-4-9-22(18)36-13-6-14-37-23-11-10-19(16-24(23)35-2)15-21-25(29)33-28(31-26(21)34)38-27(32-33)20-8-5-12-30-17-20/h3-5,7-12,15-17,29H,6,13-14H2,1-2H3. The number of pyridine rings is 1. The average Bonchev–Trinajstić information content (AvgIpc) is 3.37. The third-order valence-corrected chi connectivity index (χ3v) is 6.72. The number of fused-ring (bicyclic) bond motifs is 1. The number of carbonyl (C=O) groups excluding carboxylic acids is 1. The highest BCUT2D eigenvalue weighted by atomic mass is 32.2. The van der Waals surface area contributed by atoms with Crippen LogP contribution >= 0.6 is 11.8 Å². The van der Waals surface area contributed by atoms with Crippen molar-refractivity contribution in [3.63, 3.8) is 0 Å². The molecule has 192 valence electrons. The normalized spacial score (nSPS) is 15.7. The molecule has 0 radical (unpaired) electrons. The van der Waals surface area contributed by atoms with Gasteiger partial charge in [-0.2, -0.15) is 15.1 Å². The summed E-state index contributed by atoms with van der Waals surface area (Å²) in [5.41, 5.74) is 2.69. The molecular formula is C28H25N5O4S. The van der Waals surface area contributed by atoms with Crippen LogP contribution in [0.3, 0.4) is 0 Å². The van der Waals surface area contributed by atoms with Gasteiger partial charge in [0, 0.05) is 24.4 Å². The number of aliphatic imine (C=N–C) groups is 1. The summed E-state index contributed by atoms with van der Waals surface area (Å²) in [6.45, 7) is 3.00. The van der Waals surface area contributed by atoms with Gasteiger partial charge in [0.25, 0.3) is 5.91 Å². The van der Waals surface area contributed by atoms with Gasteiger partial charge in [-0.05, 0) is 66.2 Å². The largest absolute Gasteiger partial charge is 0.493 e. The van der Waals surface area contributed by atoms with Gasteiger partial charge >= 0.3 is 0 Å². The summed E-state index contributed by atoms with van der Waals surface area (Å²) in [7, 11) is 1.56. The van der Waals surface area contributed by atoms with E-state index in [9.17, 15) is 4.79 Å². The molecule has 38 heavy (non-hydrogen) atoms. The number of hydrazone groups is 1. The molecule has 0 atom stereocenters. The van der Waals surface area contributed by atoms with Crippen LogP contribution in [0.25, 0.3) is 6.08 Å². The zero-order valence-corrected chi connectivity index (χ0v) is 21.7.